The molecular weight excluding hydrogens is 268 g/mol. The monoisotopic (exact) mass is 307 g/mol. The number of unbranched alkanes of at least 4 members (excludes halogenated alkanes) is 8. The van der Waals surface area contributed by atoms with E-state index in [1.807, 2.05) is 0 Å². The molecule has 0 bridgehead atoms. The zero-order chi connectivity index (χ0) is 16.2. The van der Waals surface area contributed by atoms with Crippen molar-refractivity contribution in [1.82, 2.24) is 4.57 Å². The van der Waals surface area contributed by atoms with Crippen molar-refractivity contribution in [3.63, 3.8) is 0 Å². The SMILES string of the molecule is CCCCCCCCCn1cc[n+](CCCCC)c1C(C)C. The standard InChI is InChI=1S/C20H39N2/c1-5-7-9-10-11-12-14-16-22-18-17-21(15-13-8-6-2)20(22)19(3)4/h17-19H,5-16H2,1-4H3/q+1. The van der Waals surface area contributed by atoms with E-state index in [-0.39, 0.29) is 0 Å². The largest absolute Gasteiger partial charge is 0.258 e. The average molecular weight is 308 g/mol. The third kappa shape index (κ3) is 6.98. The van der Waals surface area contributed by atoms with Crippen LogP contribution in [0.15, 0.2) is 12.4 Å². The van der Waals surface area contributed by atoms with Crippen LogP contribution in [0.25, 0.3) is 0 Å². The molecule has 0 aliphatic heterocycles. The normalized spacial score (nSPS) is 11.5. The third-order valence-electron chi connectivity index (χ3n) is 4.54. The van der Waals surface area contributed by atoms with E-state index in [1.165, 1.54) is 83.1 Å². The minimum atomic E-state index is 0.612. The second-order valence-electron chi connectivity index (χ2n) is 7.03. The zero-order valence-electron chi connectivity index (χ0n) is 15.6. The fourth-order valence-corrected chi connectivity index (χ4v) is 3.29. The summed E-state index contributed by atoms with van der Waals surface area (Å²) in [6.07, 6.45) is 18.3. The quantitative estimate of drug-likeness (QED) is 0.320. The third-order valence-corrected chi connectivity index (χ3v) is 4.54. The lowest BCUT2D eigenvalue weighted by Crippen LogP contribution is -2.38. The highest BCUT2D eigenvalue weighted by Crippen LogP contribution is 2.13. The van der Waals surface area contributed by atoms with Gasteiger partial charge in [-0.05, 0) is 25.7 Å². The molecule has 0 N–H and O–H groups in total. The highest BCUT2D eigenvalue weighted by molar-refractivity contribution is 4.89. The molecule has 1 aromatic heterocycles. The Kier molecular flexibility index (Phi) is 10.3. The van der Waals surface area contributed by atoms with E-state index in [0.29, 0.717) is 5.92 Å². The maximum Gasteiger partial charge on any atom is 0.258 e. The van der Waals surface area contributed by atoms with Gasteiger partial charge in [-0.2, -0.15) is 0 Å². The number of imidazole rings is 1. The predicted octanol–water partition coefficient (Wildman–Crippen LogP) is 5.84. The Balaban J connectivity index is 2.38. The minimum absolute atomic E-state index is 0.612. The summed E-state index contributed by atoms with van der Waals surface area (Å²) in [5.41, 5.74) is 0. The Morgan fingerprint density at radius 1 is 0.864 bits per heavy atom. The first-order valence-electron chi connectivity index (χ1n) is 9.79. The molecule has 0 aliphatic rings. The number of nitrogens with zero attached hydrogens (tertiary/aromatic N) is 2. The first kappa shape index (κ1) is 19.3. The molecule has 2 heteroatoms. The number of hydrogen-bond acceptors (Lipinski definition) is 0. The molecule has 0 fully saturated rings. The van der Waals surface area contributed by atoms with Gasteiger partial charge in [0.15, 0.2) is 0 Å². The van der Waals surface area contributed by atoms with Gasteiger partial charge < -0.3 is 0 Å². The number of rotatable bonds is 13. The molecule has 0 atom stereocenters. The molecule has 2 nitrogen and oxygen atoms in total. The van der Waals surface area contributed by atoms with Gasteiger partial charge in [-0.25, -0.2) is 9.13 Å². The fourth-order valence-electron chi connectivity index (χ4n) is 3.29. The summed E-state index contributed by atoms with van der Waals surface area (Å²) < 4.78 is 4.99. The van der Waals surface area contributed by atoms with E-state index >= 15 is 0 Å². The van der Waals surface area contributed by atoms with Gasteiger partial charge in [0.1, 0.15) is 12.4 Å². The Morgan fingerprint density at radius 2 is 1.45 bits per heavy atom. The molecule has 0 aliphatic carbocycles. The molecule has 0 amide bonds. The van der Waals surface area contributed by atoms with Gasteiger partial charge in [0.25, 0.3) is 5.82 Å². The van der Waals surface area contributed by atoms with Crippen LogP contribution in [0.2, 0.25) is 0 Å². The van der Waals surface area contributed by atoms with E-state index < -0.39 is 0 Å². The van der Waals surface area contributed by atoms with Gasteiger partial charge in [0.2, 0.25) is 0 Å². The van der Waals surface area contributed by atoms with E-state index in [2.05, 4.69) is 49.2 Å². The van der Waals surface area contributed by atoms with Crippen molar-refractivity contribution in [2.75, 3.05) is 0 Å². The molecule has 22 heavy (non-hydrogen) atoms. The Labute approximate surface area is 138 Å². The van der Waals surface area contributed by atoms with Crippen LogP contribution in [0, 0.1) is 0 Å². The minimum Gasteiger partial charge on any atom is -0.234 e. The van der Waals surface area contributed by atoms with E-state index in [4.69, 9.17) is 0 Å². The molecule has 0 spiro atoms. The maximum absolute atomic E-state index is 2.50. The van der Waals surface area contributed by atoms with Crippen LogP contribution in [-0.2, 0) is 13.1 Å². The Hall–Kier alpha value is -0.790. The molecule has 0 aromatic carbocycles. The lowest BCUT2D eigenvalue weighted by molar-refractivity contribution is -0.705. The fraction of sp³-hybridized carbons (Fsp3) is 0.850. The summed E-state index contributed by atoms with van der Waals surface area (Å²) in [5.74, 6) is 2.13. The van der Waals surface area contributed by atoms with Crippen molar-refractivity contribution in [3.05, 3.63) is 18.2 Å². The molecule has 0 radical (unpaired) electrons. The molecule has 0 saturated carbocycles. The van der Waals surface area contributed by atoms with E-state index in [0.717, 1.165) is 0 Å². The predicted molar refractivity (Wildman–Crippen MR) is 96.2 cm³/mol. The second-order valence-corrected chi connectivity index (χ2v) is 7.03. The van der Waals surface area contributed by atoms with Gasteiger partial charge in [-0.15, -0.1) is 0 Å². The summed E-state index contributed by atoms with van der Waals surface area (Å²) in [5, 5.41) is 0. The van der Waals surface area contributed by atoms with Gasteiger partial charge in [0.05, 0.1) is 19.0 Å². The van der Waals surface area contributed by atoms with Crippen LogP contribution < -0.4 is 4.57 Å². The maximum atomic E-state index is 2.50. The van der Waals surface area contributed by atoms with Gasteiger partial charge >= 0.3 is 0 Å². The van der Waals surface area contributed by atoms with Crippen LogP contribution in [0.1, 0.15) is 104 Å². The second kappa shape index (κ2) is 11.7. The molecular formula is C20H39N2+. The summed E-state index contributed by atoms with van der Waals surface area (Å²) >= 11 is 0. The van der Waals surface area contributed by atoms with Crippen LogP contribution in [-0.4, -0.2) is 4.57 Å². The van der Waals surface area contributed by atoms with Gasteiger partial charge in [-0.1, -0.05) is 66.2 Å². The van der Waals surface area contributed by atoms with Crippen molar-refractivity contribution in [2.45, 2.75) is 111 Å². The Bertz CT molecular complexity index is 379. The van der Waals surface area contributed by atoms with E-state index in [9.17, 15) is 0 Å². The number of aryl methyl sites for hydroxylation is 2. The molecule has 128 valence electrons. The lowest BCUT2D eigenvalue weighted by atomic mass is 10.1. The van der Waals surface area contributed by atoms with Gasteiger partial charge in [0, 0.05) is 0 Å². The molecule has 1 aromatic rings. The zero-order valence-corrected chi connectivity index (χ0v) is 15.6. The van der Waals surface area contributed by atoms with Gasteiger partial charge in [-0.3, -0.25) is 0 Å². The highest BCUT2D eigenvalue weighted by Gasteiger charge is 2.19. The average Bonchev–Trinajstić information content (AvgIpc) is 2.90. The van der Waals surface area contributed by atoms with Crippen molar-refractivity contribution in [3.8, 4) is 0 Å². The molecule has 1 rings (SSSR count). The lowest BCUT2D eigenvalue weighted by Gasteiger charge is -2.08. The van der Waals surface area contributed by atoms with Crippen LogP contribution in [0.4, 0.5) is 0 Å². The number of aromatic nitrogens is 2. The first-order valence-corrected chi connectivity index (χ1v) is 9.79. The summed E-state index contributed by atoms with van der Waals surface area (Å²) in [6.45, 7) is 11.6. The van der Waals surface area contributed by atoms with Crippen LogP contribution >= 0.6 is 0 Å². The van der Waals surface area contributed by atoms with E-state index in [1.54, 1.807) is 0 Å². The summed E-state index contributed by atoms with van der Waals surface area (Å²) in [6, 6.07) is 0. The number of hydrogen-bond donors (Lipinski definition) is 0. The molecule has 0 unspecified atom stereocenters. The topological polar surface area (TPSA) is 8.81 Å². The summed E-state index contributed by atoms with van der Waals surface area (Å²) in [4.78, 5) is 0. The summed E-state index contributed by atoms with van der Waals surface area (Å²) in [7, 11) is 0. The molecule has 1 heterocycles. The Morgan fingerprint density at radius 3 is 2.09 bits per heavy atom. The van der Waals surface area contributed by atoms with Crippen LogP contribution in [0.5, 0.6) is 0 Å². The van der Waals surface area contributed by atoms with Crippen molar-refractivity contribution in [1.29, 1.82) is 0 Å². The van der Waals surface area contributed by atoms with Crippen molar-refractivity contribution < 1.29 is 4.57 Å². The van der Waals surface area contributed by atoms with Crippen LogP contribution in [0.3, 0.4) is 0 Å². The smallest absolute Gasteiger partial charge is 0.234 e. The molecule has 0 saturated heterocycles. The van der Waals surface area contributed by atoms with Crippen molar-refractivity contribution in [2.24, 2.45) is 0 Å². The first-order chi connectivity index (χ1) is 10.7. The highest BCUT2D eigenvalue weighted by atomic mass is 15.1. The van der Waals surface area contributed by atoms with Crippen molar-refractivity contribution >= 4 is 0 Å².